The highest BCUT2D eigenvalue weighted by atomic mass is 17.0. The zero-order valence-corrected chi connectivity index (χ0v) is 5.92. The zero-order valence-electron chi connectivity index (χ0n) is 5.92. The molecule has 56 valence electrons. The van der Waals surface area contributed by atoms with Crippen LogP contribution in [-0.2, 0) is 4.94 Å². The van der Waals surface area contributed by atoms with Crippen LogP contribution in [0.3, 0.4) is 0 Å². The van der Waals surface area contributed by atoms with Crippen LogP contribution < -0.4 is 5.48 Å². The van der Waals surface area contributed by atoms with E-state index in [1.807, 2.05) is 6.92 Å². The van der Waals surface area contributed by atoms with Gasteiger partial charge in [0.2, 0.25) is 0 Å². The Kier molecular flexibility index (Phi) is 1.94. The topological polar surface area (TPSA) is 47.6 Å². The Morgan fingerprint density at radius 2 is 2.40 bits per heavy atom. The molecule has 0 saturated carbocycles. The summed E-state index contributed by atoms with van der Waals surface area (Å²) >= 11 is 0. The molecule has 1 heterocycles. The molecule has 0 atom stereocenters. The minimum absolute atomic E-state index is 0.440. The van der Waals surface area contributed by atoms with Crippen molar-refractivity contribution in [3.05, 3.63) is 28.8 Å². The van der Waals surface area contributed by atoms with E-state index in [0.717, 1.165) is 5.70 Å². The maximum Gasteiger partial charge on any atom is 0.0743 e. The van der Waals surface area contributed by atoms with E-state index in [9.17, 15) is 5.21 Å². The zero-order chi connectivity index (χ0) is 7.56. The van der Waals surface area contributed by atoms with Crippen molar-refractivity contribution in [2.45, 2.75) is 13.8 Å². The molecule has 0 saturated heterocycles. The molecule has 0 radical (unpaired) electrons. The Hall–Kier alpha value is -1.00. The van der Waals surface area contributed by atoms with Gasteiger partial charge in [-0.3, -0.25) is 5.23 Å². The lowest BCUT2D eigenvalue weighted by atomic mass is 10.3. The van der Waals surface area contributed by atoms with Gasteiger partial charge in [0, 0.05) is 0 Å². The van der Waals surface area contributed by atoms with Crippen molar-refractivity contribution in [3.63, 3.8) is 0 Å². The molecule has 0 aromatic heterocycles. The van der Waals surface area contributed by atoms with Gasteiger partial charge < -0.3 is 5.21 Å². The van der Waals surface area contributed by atoms with Crippen LogP contribution in [-0.4, -0.2) is 5.23 Å². The lowest BCUT2D eigenvalue weighted by molar-refractivity contribution is -0.114. The van der Waals surface area contributed by atoms with E-state index in [1.54, 1.807) is 19.1 Å². The van der Waals surface area contributed by atoms with E-state index in [1.165, 1.54) is 0 Å². The van der Waals surface area contributed by atoms with Crippen LogP contribution in [0.15, 0.2) is 23.5 Å². The third kappa shape index (κ3) is 1.12. The number of rotatable bonds is 1. The molecule has 1 rings (SSSR count). The average Bonchev–Trinajstić information content (AvgIpc) is 2.20. The molecule has 1 aliphatic rings. The van der Waals surface area contributed by atoms with Crippen molar-refractivity contribution in [3.8, 4) is 0 Å². The number of hydroxylamine groups is 3. The van der Waals surface area contributed by atoms with E-state index in [2.05, 4.69) is 10.4 Å². The minimum Gasteiger partial charge on any atom is -0.731 e. The molecule has 10 heavy (non-hydrogen) atoms. The van der Waals surface area contributed by atoms with Crippen molar-refractivity contribution in [2.24, 2.45) is 0 Å². The highest BCUT2D eigenvalue weighted by molar-refractivity contribution is 5.22. The Morgan fingerprint density at radius 3 is 2.80 bits per heavy atom. The van der Waals surface area contributed by atoms with Crippen LogP contribution in [0.5, 0.6) is 0 Å². The highest BCUT2D eigenvalue weighted by Crippen LogP contribution is 2.14. The van der Waals surface area contributed by atoms with E-state index in [0.29, 0.717) is 10.9 Å². The summed E-state index contributed by atoms with van der Waals surface area (Å²) in [6.45, 7) is 3.61. The Morgan fingerprint density at radius 1 is 1.70 bits per heavy atom. The number of hydrogen-bond acceptors (Lipinski definition) is 4. The molecule has 0 amide bonds. The average molecular weight is 141 g/mol. The second kappa shape index (κ2) is 2.72. The molecule has 0 aromatic carbocycles. The second-order valence-electron chi connectivity index (χ2n) is 1.96. The maximum atomic E-state index is 10.7. The minimum atomic E-state index is 0.440. The molecular formula is C6H9N2O2-. The van der Waals surface area contributed by atoms with Gasteiger partial charge in [0.05, 0.1) is 11.4 Å². The predicted octanol–water partition coefficient (Wildman–Crippen LogP) is 1.04. The summed E-state index contributed by atoms with van der Waals surface area (Å²) in [6.07, 6.45) is 3.46. The van der Waals surface area contributed by atoms with E-state index in [4.69, 9.17) is 0 Å². The molecule has 0 spiro atoms. The summed E-state index contributed by atoms with van der Waals surface area (Å²) in [5, 5.41) is 11.1. The van der Waals surface area contributed by atoms with E-state index < -0.39 is 0 Å². The third-order valence-corrected chi connectivity index (χ3v) is 1.19. The van der Waals surface area contributed by atoms with Crippen LogP contribution in [0.4, 0.5) is 0 Å². The first kappa shape index (κ1) is 7.11. The highest BCUT2D eigenvalue weighted by Gasteiger charge is 2.09. The Bertz CT molecular complexity index is 186. The molecule has 0 fully saturated rings. The lowest BCUT2D eigenvalue weighted by Crippen LogP contribution is -2.12. The fourth-order valence-electron chi connectivity index (χ4n) is 0.692. The fraction of sp³-hybridized carbons (Fsp3) is 0.333. The van der Waals surface area contributed by atoms with Crippen LogP contribution in [0.1, 0.15) is 13.8 Å². The first-order valence-electron chi connectivity index (χ1n) is 2.99. The van der Waals surface area contributed by atoms with E-state index in [-0.39, 0.29) is 0 Å². The fourth-order valence-corrected chi connectivity index (χ4v) is 0.692. The number of allylic oxidation sites excluding steroid dienone is 3. The van der Waals surface area contributed by atoms with Crippen molar-refractivity contribution in [1.29, 1.82) is 0 Å². The third-order valence-electron chi connectivity index (χ3n) is 1.19. The molecular weight excluding hydrogens is 132 g/mol. The first-order chi connectivity index (χ1) is 4.75. The summed E-state index contributed by atoms with van der Waals surface area (Å²) in [5.74, 6) is 0. The van der Waals surface area contributed by atoms with Crippen LogP contribution in [0.25, 0.3) is 0 Å². The van der Waals surface area contributed by atoms with Crippen LogP contribution in [0, 0.1) is 5.21 Å². The van der Waals surface area contributed by atoms with Gasteiger partial charge in [-0.05, 0) is 19.9 Å². The van der Waals surface area contributed by atoms with Crippen LogP contribution >= 0.6 is 0 Å². The van der Waals surface area contributed by atoms with Gasteiger partial charge in [0.15, 0.2) is 0 Å². The first-order valence-corrected chi connectivity index (χ1v) is 2.99. The Labute approximate surface area is 59.3 Å². The van der Waals surface area contributed by atoms with Gasteiger partial charge in [0.25, 0.3) is 0 Å². The van der Waals surface area contributed by atoms with Gasteiger partial charge >= 0.3 is 0 Å². The number of nitrogens with one attached hydrogen (secondary N) is 1. The SMILES string of the molecule is C/C=C\C1=C(C)NON1[O-]. The maximum absolute atomic E-state index is 10.7. The van der Waals surface area contributed by atoms with Gasteiger partial charge in [0.1, 0.15) is 0 Å². The largest absolute Gasteiger partial charge is 0.731 e. The van der Waals surface area contributed by atoms with Gasteiger partial charge in [-0.2, -0.15) is 4.94 Å². The number of nitrogens with zero attached hydrogens (tertiary/aromatic N) is 1. The monoisotopic (exact) mass is 141 g/mol. The summed E-state index contributed by atoms with van der Waals surface area (Å²) in [7, 11) is 0. The van der Waals surface area contributed by atoms with E-state index >= 15 is 0 Å². The molecule has 0 unspecified atom stereocenters. The van der Waals surface area contributed by atoms with Crippen molar-refractivity contribution in [1.82, 2.24) is 10.7 Å². The van der Waals surface area contributed by atoms with Crippen molar-refractivity contribution >= 4 is 0 Å². The number of hydrogen-bond donors (Lipinski definition) is 1. The lowest BCUT2D eigenvalue weighted by Gasteiger charge is -2.20. The summed E-state index contributed by atoms with van der Waals surface area (Å²) in [4.78, 5) is 4.43. The normalized spacial score (nSPS) is 18.9. The second-order valence-corrected chi connectivity index (χ2v) is 1.96. The standard InChI is InChI=1S/C6H9N2O2/c1-3-4-6-5(2)7-10-8(6)9/h3-4,7H,1-2H3/q-1/b4-3-. The summed E-state index contributed by atoms with van der Waals surface area (Å²) in [6, 6.07) is 0. The molecule has 1 N–H and O–H groups in total. The van der Waals surface area contributed by atoms with Gasteiger partial charge in [-0.1, -0.05) is 6.08 Å². The summed E-state index contributed by atoms with van der Waals surface area (Å²) < 4.78 is 0. The smallest absolute Gasteiger partial charge is 0.0743 e. The van der Waals surface area contributed by atoms with Crippen molar-refractivity contribution in [2.75, 3.05) is 0 Å². The van der Waals surface area contributed by atoms with Crippen molar-refractivity contribution < 1.29 is 4.94 Å². The molecule has 0 bridgehead atoms. The quantitative estimate of drug-likeness (QED) is 0.592. The summed E-state index contributed by atoms with van der Waals surface area (Å²) in [5.41, 5.74) is 3.69. The van der Waals surface area contributed by atoms with Gasteiger partial charge in [-0.15, -0.1) is 0 Å². The molecule has 4 nitrogen and oxygen atoms in total. The molecule has 4 heteroatoms. The molecule has 1 aliphatic heterocycles. The predicted molar refractivity (Wildman–Crippen MR) is 36.9 cm³/mol. The van der Waals surface area contributed by atoms with Crippen LogP contribution in [0.2, 0.25) is 0 Å². The Balaban J connectivity index is 2.77. The molecule has 0 aromatic rings. The van der Waals surface area contributed by atoms with Gasteiger partial charge in [-0.25, -0.2) is 5.48 Å². The molecule has 0 aliphatic carbocycles.